The van der Waals surface area contributed by atoms with Gasteiger partial charge in [-0.25, -0.2) is 0 Å². The van der Waals surface area contributed by atoms with Gasteiger partial charge in [0.15, 0.2) is 0 Å². The molecule has 2 saturated heterocycles. The summed E-state index contributed by atoms with van der Waals surface area (Å²) in [5.41, 5.74) is 1.24. The third-order valence-electron chi connectivity index (χ3n) is 4.36. The second-order valence-electron chi connectivity index (χ2n) is 5.47. The fourth-order valence-corrected chi connectivity index (χ4v) is 3.92. The van der Waals surface area contributed by atoms with Crippen LogP contribution in [0.1, 0.15) is 32.6 Å². The van der Waals surface area contributed by atoms with Crippen molar-refractivity contribution in [3.8, 4) is 0 Å². The Bertz CT molecular complexity index is 407. The van der Waals surface area contributed by atoms with Gasteiger partial charge in [-0.05, 0) is 44.4 Å². The average Bonchev–Trinajstić information content (AvgIpc) is 2.62. The molecule has 2 aliphatic rings. The normalized spacial score (nSPS) is 30.8. The van der Waals surface area contributed by atoms with E-state index in [4.69, 9.17) is 11.6 Å². The van der Waals surface area contributed by atoms with Crippen molar-refractivity contribution < 1.29 is 0 Å². The highest BCUT2D eigenvalue weighted by Gasteiger charge is 2.40. The molecule has 1 aromatic carbocycles. The van der Waals surface area contributed by atoms with Crippen LogP contribution in [0.2, 0.25) is 5.02 Å². The summed E-state index contributed by atoms with van der Waals surface area (Å²) in [5, 5.41) is 4.51. The molecule has 0 spiro atoms. The zero-order valence-electron chi connectivity index (χ0n) is 10.9. The maximum Gasteiger partial charge on any atom is 0.0639 e. The molecule has 2 aliphatic heterocycles. The van der Waals surface area contributed by atoms with Gasteiger partial charge in [0.2, 0.25) is 0 Å². The molecule has 2 heterocycles. The van der Waals surface area contributed by atoms with E-state index in [1.165, 1.54) is 31.4 Å². The number of para-hydroxylation sites is 1. The first-order valence-electron chi connectivity index (χ1n) is 7.06. The first kappa shape index (κ1) is 12.3. The number of halogens is 1. The van der Waals surface area contributed by atoms with Crippen molar-refractivity contribution in [1.29, 1.82) is 0 Å². The van der Waals surface area contributed by atoms with Crippen molar-refractivity contribution in [2.45, 2.75) is 50.7 Å². The highest BCUT2D eigenvalue weighted by Crippen LogP contribution is 2.41. The summed E-state index contributed by atoms with van der Waals surface area (Å²) in [5.74, 6) is 0. The number of piperidine rings is 1. The van der Waals surface area contributed by atoms with E-state index in [9.17, 15) is 0 Å². The quantitative estimate of drug-likeness (QED) is 0.900. The van der Waals surface area contributed by atoms with Gasteiger partial charge < -0.3 is 10.2 Å². The summed E-state index contributed by atoms with van der Waals surface area (Å²) in [6, 6.07) is 10.3. The largest absolute Gasteiger partial charge is 0.364 e. The van der Waals surface area contributed by atoms with Gasteiger partial charge in [-0.1, -0.05) is 30.7 Å². The molecule has 2 nitrogen and oxygen atoms in total. The molecule has 0 amide bonds. The van der Waals surface area contributed by atoms with Crippen LogP contribution in [-0.4, -0.2) is 24.7 Å². The summed E-state index contributed by atoms with van der Waals surface area (Å²) in [7, 11) is 0. The Morgan fingerprint density at radius 1 is 1.22 bits per heavy atom. The van der Waals surface area contributed by atoms with Crippen LogP contribution < -0.4 is 10.2 Å². The SMILES string of the molecule is CCNC1CC2CCC(C1)N2c1ccccc1Cl. The zero-order valence-corrected chi connectivity index (χ0v) is 11.7. The average molecular weight is 265 g/mol. The summed E-state index contributed by atoms with van der Waals surface area (Å²) >= 11 is 6.36. The molecule has 0 radical (unpaired) electrons. The molecule has 3 heteroatoms. The van der Waals surface area contributed by atoms with Gasteiger partial charge in [0.1, 0.15) is 0 Å². The molecular weight excluding hydrogens is 244 g/mol. The van der Waals surface area contributed by atoms with Crippen LogP contribution >= 0.6 is 11.6 Å². The van der Waals surface area contributed by atoms with Gasteiger partial charge in [-0.3, -0.25) is 0 Å². The van der Waals surface area contributed by atoms with Gasteiger partial charge in [0.05, 0.1) is 10.7 Å². The highest BCUT2D eigenvalue weighted by molar-refractivity contribution is 6.33. The summed E-state index contributed by atoms with van der Waals surface area (Å²) in [6.07, 6.45) is 5.15. The number of hydrogen-bond donors (Lipinski definition) is 1. The Balaban J connectivity index is 1.82. The van der Waals surface area contributed by atoms with Crippen LogP contribution in [0.15, 0.2) is 24.3 Å². The Hall–Kier alpha value is -0.730. The maximum atomic E-state index is 6.36. The van der Waals surface area contributed by atoms with Crippen LogP contribution in [0, 0.1) is 0 Å². The Kier molecular flexibility index (Phi) is 3.49. The topological polar surface area (TPSA) is 15.3 Å². The number of rotatable bonds is 3. The van der Waals surface area contributed by atoms with Crippen LogP contribution in [0.25, 0.3) is 0 Å². The van der Waals surface area contributed by atoms with Crippen LogP contribution in [0.5, 0.6) is 0 Å². The molecule has 2 unspecified atom stereocenters. The Morgan fingerprint density at radius 2 is 1.89 bits per heavy atom. The molecular formula is C15H21ClN2. The van der Waals surface area contributed by atoms with Gasteiger partial charge in [-0.2, -0.15) is 0 Å². The van der Waals surface area contributed by atoms with E-state index in [1.807, 2.05) is 12.1 Å². The summed E-state index contributed by atoms with van der Waals surface area (Å²) in [6.45, 7) is 3.28. The number of nitrogens with one attached hydrogen (secondary N) is 1. The van der Waals surface area contributed by atoms with E-state index in [2.05, 4.69) is 29.3 Å². The number of hydrogen-bond acceptors (Lipinski definition) is 2. The van der Waals surface area contributed by atoms with Crippen molar-refractivity contribution >= 4 is 17.3 Å². The van der Waals surface area contributed by atoms with Crippen LogP contribution in [0.3, 0.4) is 0 Å². The predicted molar refractivity (Wildman–Crippen MR) is 77.4 cm³/mol. The van der Waals surface area contributed by atoms with Crippen molar-refractivity contribution in [2.24, 2.45) is 0 Å². The first-order chi connectivity index (χ1) is 8.79. The third kappa shape index (κ3) is 2.12. The van der Waals surface area contributed by atoms with E-state index in [0.717, 1.165) is 11.6 Å². The Labute approximate surface area is 114 Å². The number of nitrogens with zero attached hydrogens (tertiary/aromatic N) is 1. The zero-order chi connectivity index (χ0) is 12.5. The van der Waals surface area contributed by atoms with E-state index >= 15 is 0 Å². The molecule has 18 heavy (non-hydrogen) atoms. The van der Waals surface area contributed by atoms with Crippen molar-refractivity contribution in [2.75, 3.05) is 11.4 Å². The lowest BCUT2D eigenvalue weighted by Crippen LogP contribution is -2.49. The fraction of sp³-hybridized carbons (Fsp3) is 0.600. The lowest BCUT2D eigenvalue weighted by Gasteiger charge is -2.41. The lowest BCUT2D eigenvalue weighted by molar-refractivity contribution is 0.361. The molecule has 2 bridgehead atoms. The van der Waals surface area contributed by atoms with Crippen molar-refractivity contribution in [3.05, 3.63) is 29.3 Å². The first-order valence-corrected chi connectivity index (χ1v) is 7.43. The second-order valence-corrected chi connectivity index (χ2v) is 5.88. The molecule has 3 rings (SSSR count). The smallest absolute Gasteiger partial charge is 0.0639 e. The minimum absolute atomic E-state index is 0.674. The predicted octanol–water partition coefficient (Wildman–Crippen LogP) is 3.45. The van der Waals surface area contributed by atoms with E-state index in [0.29, 0.717) is 18.1 Å². The van der Waals surface area contributed by atoms with E-state index in [1.54, 1.807) is 0 Å². The molecule has 2 atom stereocenters. The molecule has 98 valence electrons. The van der Waals surface area contributed by atoms with Crippen molar-refractivity contribution in [1.82, 2.24) is 5.32 Å². The number of fused-ring (bicyclic) bond motifs is 2. The fourth-order valence-electron chi connectivity index (χ4n) is 3.69. The number of anilines is 1. The molecule has 0 aromatic heterocycles. The third-order valence-corrected chi connectivity index (χ3v) is 4.68. The molecule has 1 aromatic rings. The second kappa shape index (κ2) is 5.10. The van der Waals surface area contributed by atoms with Gasteiger partial charge >= 0.3 is 0 Å². The Morgan fingerprint density at radius 3 is 2.50 bits per heavy atom. The summed E-state index contributed by atoms with van der Waals surface area (Å²) in [4.78, 5) is 2.58. The van der Waals surface area contributed by atoms with E-state index < -0.39 is 0 Å². The van der Waals surface area contributed by atoms with Crippen LogP contribution in [0.4, 0.5) is 5.69 Å². The van der Waals surface area contributed by atoms with Crippen LogP contribution in [-0.2, 0) is 0 Å². The lowest BCUT2D eigenvalue weighted by atomic mass is 9.96. The molecule has 2 fully saturated rings. The molecule has 0 aliphatic carbocycles. The monoisotopic (exact) mass is 264 g/mol. The molecule has 0 saturated carbocycles. The van der Waals surface area contributed by atoms with Crippen molar-refractivity contribution in [3.63, 3.8) is 0 Å². The number of benzene rings is 1. The van der Waals surface area contributed by atoms with E-state index in [-0.39, 0.29) is 0 Å². The maximum absolute atomic E-state index is 6.36. The van der Waals surface area contributed by atoms with Gasteiger partial charge in [0.25, 0.3) is 0 Å². The summed E-state index contributed by atoms with van der Waals surface area (Å²) < 4.78 is 0. The highest BCUT2D eigenvalue weighted by atomic mass is 35.5. The minimum atomic E-state index is 0.674. The minimum Gasteiger partial charge on any atom is -0.364 e. The van der Waals surface area contributed by atoms with Gasteiger partial charge in [0, 0.05) is 18.1 Å². The van der Waals surface area contributed by atoms with Gasteiger partial charge in [-0.15, -0.1) is 0 Å². The molecule has 1 N–H and O–H groups in total. The standard InChI is InChI=1S/C15H21ClN2/c1-2-17-11-9-12-7-8-13(10-11)18(12)15-6-4-3-5-14(15)16/h3-6,11-13,17H,2,7-10H2,1H3.